The minimum absolute atomic E-state index is 0.170. The van der Waals surface area contributed by atoms with E-state index in [1.54, 1.807) is 13.8 Å². The minimum atomic E-state index is -0.612. The topological polar surface area (TPSA) is 106 Å². The lowest BCUT2D eigenvalue weighted by atomic mass is 10.3. The molecule has 0 aliphatic carbocycles. The first-order valence-corrected chi connectivity index (χ1v) is 8.22. The van der Waals surface area contributed by atoms with Crippen LogP contribution in [0.1, 0.15) is 25.8 Å². The van der Waals surface area contributed by atoms with Crippen LogP contribution in [0.3, 0.4) is 0 Å². The number of urea groups is 1. The molecule has 0 saturated carbocycles. The average molecular weight is 368 g/mol. The van der Waals surface area contributed by atoms with Crippen molar-refractivity contribution in [3.8, 4) is 5.75 Å². The smallest absolute Gasteiger partial charge is 0.321 e. The number of hydrogen-bond acceptors (Lipinski definition) is 7. The van der Waals surface area contributed by atoms with E-state index in [2.05, 4.69) is 20.8 Å². The van der Waals surface area contributed by atoms with Crippen molar-refractivity contribution in [2.45, 2.75) is 30.4 Å². The molecule has 2 aromatic rings. The summed E-state index contributed by atoms with van der Waals surface area (Å²) >= 11 is 1.01. The zero-order chi connectivity index (χ0) is 18.4. The molecule has 2 N–H and O–H groups in total. The molecule has 0 unspecified atom stereocenters. The number of amides is 3. The van der Waals surface area contributed by atoms with Crippen molar-refractivity contribution < 1.29 is 23.1 Å². The molecule has 2 atom stereocenters. The molecular weight excluding hydrogens is 351 g/mol. The van der Waals surface area contributed by atoms with E-state index >= 15 is 0 Å². The van der Waals surface area contributed by atoms with Gasteiger partial charge in [0.1, 0.15) is 11.6 Å². The predicted molar refractivity (Wildman–Crippen MR) is 87.7 cm³/mol. The lowest BCUT2D eigenvalue weighted by Crippen LogP contribution is -2.41. The van der Waals surface area contributed by atoms with Crippen molar-refractivity contribution in [2.75, 3.05) is 7.05 Å². The second kappa shape index (κ2) is 8.47. The van der Waals surface area contributed by atoms with Crippen molar-refractivity contribution in [1.82, 2.24) is 20.8 Å². The van der Waals surface area contributed by atoms with Crippen LogP contribution >= 0.6 is 11.8 Å². The number of rotatable bonds is 6. The van der Waals surface area contributed by atoms with Crippen molar-refractivity contribution in [1.29, 1.82) is 0 Å². The highest BCUT2D eigenvalue weighted by molar-refractivity contribution is 8.00. The van der Waals surface area contributed by atoms with E-state index < -0.39 is 23.3 Å². The Morgan fingerprint density at radius 3 is 2.56 bits per heavy atom. The van der Waals surface area contributed by atoms with Crippen molar-refractivity contribution in [2.24, 2.45) is 0 Å². The molecule has 0 saturated heterocycles. The summed E-state index contributed by atoms with van der Waals surface area (Å²) in [5.41, 5.74) is 0. The van der Waals surface area contributed by atoms with Gasteiger partial charge in [-0.2, -0.15) is 0 Å². The summed E-state index contributed by atoms with van der Waals surface area (Å²) in [5, 5.41) is 11.7. The number of ether oxygens (including phenoxy) is 1. The molecule has 0 bridgehead atoms. The molecular formula is C15H17FN4O4S. The van der Waals surface area contributed by atoms with Gasteiger partial charge in [0.2, 0.25) is 5.91 Å². The third-order valence-corrected chi connectivity index (χ3v) is 3.94. The first-order valence-electron chi connectivity index (χ1n) is 7.34. The second-order valence-electron chi connectivity index (χ2n) is 4.95. The molecule has 1 aromatic heterocycles. The molecule has 3 amide bonds. The largest absolute Gasteiger partial charge is 0.481 e. The number of nitrogens with one attached hydrogen (secondary N) is 2. The summed E-state index contributed by atoms with van der Waals surface area (Å²) in [7, 11) is 1.41. The van der Waals surface area contributed by atoms with Crippen molar-refractivity contribution >= 4 is 23.7 Å². The van der Waals surface area contributed by atoms with Crippen LogP contribution in [0, 0.1) is 5.82 Å². The molecule has 1 heterocycles. The van der Waals surface area contributed by atoms with E-state index in [0.717, 1.165) is 11.8 Å². The molecule has 1 aromatic carbocycles. The zero-order valence-electron chi connectivity index (χ0n) is 13.8. The Morgan fingerprint density at radius 2 is 1.92 bits per heavy atom. The molecule has 10 heteroatoms. The minimum Gasteiger partial charge on any atom is -0.481 e. The third-order valence-electron chi connectivity index (χ3n) is 3.01. The van der Waals surface area contributed by atoms with E-state index in [0.29, 0.717) is 5.75 Å². The number of carbonyl (C=O) groups excluding carboxylic acids is 2. The SMILES string of the molecule is CNC(=O)NC(=O)[C@H](C)Sc1nnc([C@H](C)Oc2ccc(F)cc2)o1. The maximum absolute atomic E-state index is 12.9. The Bertz CT molecular complexity index is 737. The number of halogens is 1. The highest BCUT2D eigenvalue weighted by Gasteiger charge is 2.21. The Labute approximate surface area is 147 Å². The quantitative estimate of drug-likeness (QED) is 0.753. The summed E-state index contributed by atoms with van der Waals surface area (Å²) < 4.78 is 23.9. The summed E-state index contributed by atoms with van der Waals surface area (Å²) in [6, 6.07) is 4.95. The van der Waals surface area contributed by atoms with Crippen LogP contribution < -0.4 is 15.4 Å². The summed E-state index contributed by atoms with van der Waals surface area (Å²) in [5.74, 6) is -0.175. The summed E-state index contributed by atoms with van der Waals surface area (Å²) in [6.45, 7) is 3.30. The van der Waals surface area contributed by atoms with Crippen LogP contribution in [-0.2, 0) is 4.79 Å². The van der Waals surface area contributed by atoms with Gasteiger partial charge in [-0.15, -0.1) is 10.2 Å². The molecule has 8 nitrogen and oxygen atoms in total. The van der Waals surface area contributed by atoms with E-state index in [4.69, 9.17) is 9.15 Å². The number of aromatic nitrogens is 2. The third kappa shape index (κ3) is 5.45. The van der Waals surface area contributed by atoms with Gasteiger partial charge >= 0.3 is 6.03 Å². The molecule has 0 radical (unpaired) electrons. The Morgan fingerprint density at radius 1 is 1.24 bits per heavy atom. The number of benzene rings is 1. The number of nitrogens with zero attached hydrogens (tertiary/aromatic N) is 2. The van der Waals surface area contributed by atoms with Crippen LogP contribution in [-0.4, -0.2) is 34.4 Å². The molecule has 2 rings (SSSR count). The van der Waals surface area contributed by atoms with Gasteiger partial charge in [-0.05, 0) is 38.1 Å². The van der Waals surface area contributed by atoms with E-state index in [1.807, 2.05) is 0 Å². The monoisotopic (exact) mass is 368 g/mol. The van der Waals surface area contributed by atoms with Crippen LogP contribution in [0.2, 0.25) is 0 Å². The second-order valence-corrected chi connectivity index (χ2v) is 6.24. The van der Waals surface area contributed by atoms with Crippen LogP contribution in [0.15, 0.2) is 33.9 Å². The first-order chi connectivity index (χ1) is 11.9. The normalized spacial score (nSPS) is 13.0. The van der Waals surface area contributed by atoms with Crippen LogP contribution in [0.5, 0.6) is 5.75 Å². The van der Waals surface area contributed by atoms with Gasteiger partial charge in [0.05, 0.1) is 5.25 Å². The zero-order valence-corrected chi connectivity index (χ0v) is 14.6. The number of thioether (sulfide) groups is 1. The lowest BCUT2D eigenvalue weighted by molar-refractivity contribution is -0.119. The predicted octanol–water partition coefficient (Wildman–Crippen LogP) is 2.28. The average Bonchev–Trinajstić information content (AvgIpc) is 3.05. The Kier molecular flexibility index (Phi) is 6.34. The fourth-order valence-electron chi connectivity index (χ4n) is 1.68. The number of hydrogen-bond donors (Lipinski definition) is 2. The molecule has 0 fully saturated rings. The van der Waals surface area contributed by atoms with E-state index in [1.165, 1.54) is 31.3 Å². The Balaban J connectivity index is 1.93. The molecule has 134 valence electrons. The van der Waals surface area contributed by atoms with Gasteiger partial charge in [-0.3, -0.25) is 10.1 Å². The van der Waals surface area contributed by atoms with Gasteiger partial charge in [-0.25, -0.2) is 9.18 Å². The summed E-state index contributed by atoms with van der Waals surface area (Å²) in [4.78, 5) is 22.9. The van der Waals surface area contributed by atoms with Crippen LogP contribution in [0.4, 0.5) is 9.18 Å². The standard InChI is InChI=1S/C15H17FN4O4S/c1-8(23-11-6-4-10(16)5-7-11)13-19-20-15(24-13)25-9(2)12(21)18-14(22)17-3/h4-9H,1-3H3,(H2,17,18,21,22)/t8-,9-/m0/s1. The molecule has 0 spiro atoms. The van der Waals surface area contributed by atoms with Crippen molar-refractivity contribution in [3.63, 3.8) is 0 Å². The van der Waals surface area contributed by atoms with Gasteiger partial charge in [0, 0.05) is 7.05 Å². The van der Waals surface area contributed by atoms with Gasteiger partial charge < -0.3 is 14.5 Å². The summed E-state index contributed by atoms with van der Waals surface area (Å²) in [6.07, 6.45) is -0.553. The molecule has 0 aliphatic rings. The maximum Gasteiger partial charge on any atom is 0.321 e. The Hall–Kier alpha value is -2.62. The van der Waals surface area contributed by atoms with Crippen molar-refractivity contribution in [3.05, 3.63) is 36.0 Å². The highest BCUT2D eigenvalue weighted by Crippen LogP contribution is 2.26. The first kappa shape index (κ1) is 18.7. The van der Waals surface area contributed by atoms with E-state index in [9.17, 15) is 14.0 Å². The highest BCUT2D eigenvalue weighted by atomic mass is 32.2. The van der Waals surface area contributed by atoms with Gasteiger partial charge in [-0.1, -0.05) is 11.8 Å². The molecule has 25 heavy (non-hydrogen) atoms. The van der Waals surface area contributed by atoms with Crippen LogP contribution in [0.25, 0.3) is 0 Å². The fourth-order valence-corrected chi connectivity index (χ4v) is 2.37. The lowest BCUT2D eigenvalue weighted by Gasteiger charge is -2.10. The van der Waals surface area contributed by atoms with Gasteiger partial charge in [0.25, 0.3) is 11.1 Å². The number of imide groups is 1. The molecule has 0 aliphatic heterocycles. The number of carbonyl (C=O) groups is 2. The fraction of sp³-hybridized carbons (Fsp3) is 0.333. The van der Waals surface area contributed by atoms with Gasteiger partial charge in [0.15, 0.2) is 6.10 Å². The maximum atomic E-state index is 12.9. The van der Waals surface area contributed by atoms with E-state index in [-0.39, 0.29) is 16.9 Å².